The van der Waals surface area contributed by atoms with Gasteiger partial charge in [0.25, 0.3) is 5.69 Å². The molecule has 0 bridgehead atoms. The third-order valence-electron chi connectivity index (χ3n) is 5.31. The number of carbonyl (C=O) groups excluding carboxylic acids is 1. The predicted octanol–water partition coefficient (Wildman–Crippen LogP) is 4.72. The van der Waals surface area contributed by atoms with Crippen LogP contribution in [-0.4, -0.2) is 32.4 Å². The maximum absolute atomic E-state index is 12.9. The molecule has 1 saturated heterocycles. The first-order chi connectivity index (χ1) is 15.0. The van der Waals surface area contributed by atoms with E-state index in [1.807, 2.05) is 31.2 Å². The third-order valence-corrected chi connectivity index (χ3v) is 5.31. The van der Waals surface area contributed by atoms with Crippen molar-refractivity contribution in [3.63, 3.8) is 0 Å². The van der Waals surface area contributed by atoms with Crippen LogP contribution < -0.4 is 0 Å². The van der Waals surface area contributed by atoms with Crippen LogP contribution in [0.25, 0.3) is 17.5 Å². The summed E-state index contributed by atoms with van der Waals surface area (Å²) >= 11 is 0. The van der Waals surface area contributed by atoms with E-state index in [9.17, 15) is 14.9 Å². The van der Waals surface area contributed by atoms with Gasteiger partial charge in [-0.3, -0.25) is 14.9 Å². The highest BCUT2D eigenvalue weighted by molar-refractivity contribution is 5.92. The number of rotatable bonds is 5. The molecule has 0 saturated carbocycles. The second kappa shape index (κ2) is 8.91. The van der Waals surface area contributed by atoms with Crippen LogP contribution >= 0.6 is 0 Å². The normalized spacial score (nSPS) is 16.5. The Bertz CT molecular complexity index is 1120. The highest BCUT2D eigenvalue weighted by Crippen LogP contribution is 2.31. The molecule has 0 aliphatic carbocycles. The van der Waals surface area contributed by atoms with Gasteiger partial charge in [0.05, 0.1) is 4.92 Å². The minimum Gasteiger partial charge on any atom is -0.337 e. The molecule has 1 aliphatic rings. The highest BCUT2D eigenvalue weighted by Gasteiger charge is 2.31. The van der Waals surface area contributed by atoms with Crippen molar-refractivity contribution in [1.82, 2.24) is 15.0 Å². The number of piperidine rings is 1. The monoisotopic (exact) mass is 418 g/mol. The fourth-order valence-electron chi connectivity index (χ4n) is 3.69. The lowest BCUT2D eigenvalue weighted by Gasteiger charge is -2.32. The highest BCUT2D eigenvalue weighted by atomic mass is 16.6. The van der Waals surface area contributed by atoms with Crippen molar-refractivity contribution >= 4 is 17.7 Å². The van der Waals surface area contributed by atoms with Gasteiger partial charge in [-0.2, -0.15) is 4.98 Å². The summed E-state index contributed by atoms with van der Waals surface area (Å²) in [4.78, 5) is 29.5. The Morgan fingerprint density at radius 3 is 2.77 bits per heavy atom. The maximum atomic E-state index is 12.9. The fourth-order valence-corrected chi connectivity index (χ4v) is 3.69. The number of amides is 1. The standard InChI is InChI=1S/C23H22N4O4/c1-16-5-4-6-18(15-16)22-24-23(31-25-22)20-7-2-3-14-26(20)21(28)13-10-17-8-11-19(12-9-17)27(29)30/h4-6,8-13,15,20H,2-3,7,14H2,1H3/b13-10+/t20-/m1/s1. The topological polar surface area (TPSA) is 102 Å². The van der Waals surface area contributed by atoms with Gasteiger partial charge < -0.3 is 9.42 Å². The molecule has 0 radical (unpaired) electrons. The first-order valence-electron chi connectivity index (χ1n) is 10.1. The van der Waals surface area contributed by atoms with Gasteiger partial charge in [-0.05, 0) is 56.0 Å². The van der Waals surface area contributed by atoms with Crippen molar-refractivity contribution in [2.75, 3.05) is 6.54 Å². The summed E-state index contributed by atoms with van der Waals surface area (Å²) in [5.74, 6) is 0.796. The van der Waals surface area contributed by atoms with Crippen LogP contribution in [0, 0.1) is 17.0 Å². The van der Waals surface area contributed by atoms with Gasteiger partial charge in [-0.15, -0.1) is 0 Å². The number of aryl methyl sites for hydroxylation is 1. The van der Waals surface area contributed by atoms with E-state index >= 15 is 0 Å². The Morgan fingerprint density at radius 1 is 1.23 bits per heavy atom. The fraction of sp³-hybridized carbons (Fsp3) is 0.261. The quantitative estimate of drug-likeness (QED) is 0.337. The lowest BCUT2D eigenvalue weighted by Crippen LogP contribution is -2.37. The molecule has 31 heavy (non-hydrogen) atoms. The molecule has 3 aromatic rings. The number of benzene rings is 2. The van der Waals surface area contributed by atoms with E-state index in [0.717, 1.165) is 30.4 Å². The van der Waals surface area contributed by atoms with E-state index in [0.29, 0.717) is 23.8 Å². The van der Waals surface area contributed by atoms with E-state index in [-0.39, 0.29) is 17.6 Å². The number of nitro groups is 1. The molecule has 4 rings (SSSR count). The molecule has 2 aromatic carbocycles. The summed E-state index contributed by atoms with van der Waals surface area (Å²) in [6.45, 7) is 2.61. The van der Waals surface area contributed by atoms with Gasteiger partial charge in [0, 0.05) is 30.3 Å². The Balaban J connectivity index is 1.51. The van der Waals surface area contributed by atoms with Crippen molar-refractivity contribution in [3.05, 3.63) is 81.7 Å². The molecule has 1 aliphatic heterocycles. The summed E-state index contributed by atoms with van der Waals surface area (Å²) in [5.41, 5.74) is 2.71. The summed E-state index contributed by atoms with van der Waals surface area (Å²) < 4.78 is 5.53. The summed E-state index contributed by atoms with van der Waals surface area (Å²) in [5, 5.41) is 14.9. The Labute approximate surface area is 179 Å². The molecule has 158 valence electrons. The first-order valence-corrected chi connectivity index (χ1v) is 10.1. The zero-order chi connectivity index (χ0) is 21.8. The van der Waals surface area contributed by atoms with Gasteiger partial charge >= 0.3 is 0 Å². The second-order valence-electron chi connectivity index (χ2n) is 7.55. The zero-order valence-electron chi connectivity index (χ0n) is 17.1. The molecular weight excluding hydrogens is 396 g/mol. The SMILES string of the molecule is Cc1cccc(-c2noc([C@H]3CCCCN3C(=O)/C=C/c3ccc([N+](=O)[O-])cc3)n2)c1. The molecule has 1 fully saturated rings. The number of nitrogens with zero attached hydrogens (tertiary/aromatic N) is 4. The Hall–Kier alpha value is -3.81. The Kier molecular flexibility index (Phi) is 5.88. The van der Waals surface area contributed by atoms with Crippen LogP contribution in [0.5, 0.6) is 0 Å². The van der Waals surface area contributed by atoms with Crippen LogP contribution in [0.1, 0.15) is 42.3 Å². The van der Waals surface area contributed by atoms with Gasteiger partial charge in [0.1, 0.15) is 6.04 Å². The number of non-ortho nitro benzene ring substituents is 1. The van der Waals surface area contributed by atoms with Gasteiger partial charge in [0.2, 0.25) is 17.6 Å². The first kappa shape index (κ1) is 20.5. The number of carbonyl (C=O) groups is 1. The molecule has 0 N–H and O–H groups in total. The molecule has 8 heteroatoms. The Morgan fingerprint density at radius 2 is 2.03 bits per heavy atom. The average Bonchev–Trinajstić information content (AvgIpc) is 3.28. The molecule has 8 nitrogen and oxygen atoms in total. The third kappa shape index (κ3) is 4.69. The second-order valence-corrected chi connectivity index (χ2v) is 7.55. The summed E-state index contributed by atoms with van der Waals surface area (Å²) in [6.07, 6.45) is 5.78. The maximum Gasteiger partial charge on any atom is 0.269 e. The number of hydrogen-bond donors (Lipinski definition) is 0. The minimum absolute atomic E-state index is 0.0142. The van der Waals surface area contributed by atoms with Crippen LogP contribution in [0.15, 0.2) is 59.1 Å². The van der Waals surface area contributed by atoms with E-state index < -0.39 is 4.92 Å². The predicted molar refractivity (Wildman–Crippen MR) is 115 cm³/mol. The van der Waals surface area contributed by atoms with Gasteiger partial charge in [0.15, 0.2) is 0 Å². The lowest BCUT2D eigenvalue weighted by molar-refractivity contribution is -0.384. The summed E-state index contributed by atoms with van der Waals surface area (Å²) in [7, 11) is 0. The van der Waals surface area contributed by atoms with Crippen molar-refractivity contribution in [3.8, 4) is 11.4 Å². The summed E-state index contributed by atoms with van der Waals surface area (Å²) in [6, 6.07) is 13.7. The number of aromatic nitrogens is 2. The minimum atomic E-state index is -0.452. The van der Waals surface area contributed by atoms with E-state index in [4.69, 9.17) is 4.52 Å². The molecule has 2 heterocycles. The number of nitro benzene ring substituents is 1. The van der Waals surface area contributed by atoms with Gasteiger partial charge in [-0.1, -0.05) is 28.9 Å². The lowest BCUT2D eigenvalue weighted by atomic mass is 10.0. The smallest absolute Gasteiger partial charge is 0.269 e. The van der Waals surface area contributed by atoms with E-state index in [2.05, 4.69) is 10.1 Å². The molecule has 1 aromatic heterocycles. The van der Waals surface area contributed by atoms with Gasteiger partial charge in [-0.25, -0.2) is 0 Å². The van der Waals surface area contributed by atoms with Crippen LogP contribution in [0.2, 0.25) is 0 Å². The molecule has 1 atom stereocenters. The van der Waals surface area contributed by atoms with Crippen LogP contribution in [-0.2, 0) is 4.79 Å². The van der Waals surface area contributed by atoms with Crippen molar-refractivity contribution < 1.29 is 14.2 Å². The van der Waals surface area contributed by atoms with Crippen LogP contribution in [0.4, 0.5) is 5.69 Å². The molecule has 0 unspecified atom stereocenters. The molecule has 1 amide bonds. The van der Waals surface area contributed by atoms with Crippen molar-refractivity contribution in [2.45, 2.75) is 32.2 Å². The van der Waals surface area contributed by atoms with Crippen LogP contribution in [0.3, 0.4) is 0 Å². The largest absolute Gasteiger partial charge is 0.337 e. The van der Waals surface area contributed by atoms with E-state index in [1.165, 1.54) is 18.2 Å². The number of likely N-dealkylation sites (tertiary alicyclic amines) is 1. The zero-order valence-corrected chi connectivity index (χ0v) is 17.1. The average molecular weight is 418 g/mol. The molecular formula is C23H22N4O4. The number of hydrogen-bond acceptors (Lipinski definition) is 6. The van der Waals surface area contributed by atoms with Crippen molar-refractivity contribution in [1.29, 1.82) is 0 Å². The van der Waals surface area contributed by atoms with Crippen molar-refractivity contribution in [2.24, 2.45) is 0 Å². The van der Waals surface area contributed by atoms with E-state index in [1.54, 1.807) is 23.1 Å². The molecule has 0 spiro atoms.